The topological polar surface area (TPSA) is 27.8 Å². The lowest BCUT2D eigenvalue weighted by molar-refractivity contribution is 0.662. The molecule has 2 N–H and O–H groups in total. The van der Waals surface area contributed by atoms with Gasteiger partial charge in [-0.05, 0) is 48.9 Å². The molecule has 1 unspecified atom stereocenters. The molecule has 4 aromatic rings. The quantitative estimate of drug-likeness (QED) is 0.373. The summed E-state index contributed by atoms with van der Waals surface area (Å²) in [6.45, 7) is 2.22. The van der Waals surface area contributed by atoms with Crippen molar-refractivity contribution in [1.29, 1.82) is 0 Å². The summed E-state index contributed by atoms with van der Waals surface area (Å²) in [4.78, 5) is 3.59. The summed E-state index contributed by atoms with van der Waals surface area (Å²) in [6, 6.07) is 22.4. The number of aromatic amines is 1. The first-order valence-corrected chi connectivity index (χ1v) is 9.27. The van der Waals surface area contributed by atoms with E-state index in [1.54, 1.807) is 0 Å². The first-order valence-electron chi connectivity index (χ1n) is 8.51. The molecule has 0 radical (unpaired) electrons. The summed E-state index contributed by atoms with van der Waals surface area (Å²) in [5, 5.41) is 6.32. The molecule has 1 aliphatic rings. The maximum absolute atomic E-state index is 6.33. The average Bonchev–Trinajstić information content (AvgIpc) is 3.03. The van der Waals surface area contributed by atoms with Crippen LogP contribution in [0.1, 0.15) is 18.1 Å². The Hall–Kier alpha value is -2.42. The summed E-state index contributed by atoms with van der Waals surface area (Å²) >= 11 is 12.6. The van der Waals surface area contributed by atoms with Crippen LogP contribution in [0.2, 0.25) is 10.0 Å². The SMILES string of the molecule is CC1(c2ccccc2)Nc2ccc(Cl)cc2-c2[nH]c3ccc(Cl)cc3c21. The number of benzene rings is 3. The van der Waals surface area contributed by atoms with Crippen LogP contribution >= 0.6 is 23.2 Å². The van der Waals surface area contributed by atoms with E-state index in [2.05, 4.69) is 41.5 Å². The van der Waals surface area contributed by atoms with E-state index in [1.807, 2.05) is 42.5 Å². The molecule has 0 bridgehead atoms. The van der Waals surface area contributed by atoms with E-state index in [-0.39, 0.29) is 5.54 Å². The largest absolute Gasteiger partial charge is 0.371 e. The number of anilines is 1. The molecule has 26 heavy (non-hydrogen) atoms. The van der Waals surface area contributed by atoms with Gasteiger partial charge in [-0.3, -0.25) is 0 Å². The molecule has 0 aliphatic carbocycles. The third-order valence-corrected chi connectivity index (χ3v) is 5.72. The second-order valence-corrected chi connectivity index (χ2v) is 7.74. The van der Waals surface area contributed by atoms with Crippen molar-refractivity contribution >= 4 is 39.8 Å². The molecule has 1 atom stereocenters. The van der Waals surface area contributed by atoms with Crippen molar-refractivity contribution in [3.63, 3.8) is 0 Å². The Kier molecular flexibility index (Phi) is 3.37. The summed E-state index contributed by atoms with van der Waals surface area (Å²) < 4.78 is 0. The van der Waals surface area contributed by atoms with Crippen LogP contribution in [0.3, 0.4) is 0 Å². The molecule has 0 fully saturated rings. The molecule has 0 spiro atoms. The fourth-order valence-corrected chi connectivity index (χ4v) is 4.38. The average molecular weight is 379 g/mol. The predicted octanol–water partition coefficient (Wildman–Crippen LogP) is 6.83. The monoisotopic (exact) mass is 378 g/mol. The lowest BCUT2D eigenvalue weighted by Crippen LogP contribution is -2.36. The van der Waals surface area contributed by atoms with Gasteiger partial charge < -0.3 is 10.3 Å². The first-order chi connectivity index (χ1) is 12.6. The molecular formula is C22H16Cl2N2. The highest BCUT2D eigenvalue weighted by Crippen LogP contribution is 2.50. The van der Waals surface area contributed by atoms with Gasteiger partial charge in [-0.15, -0.1) is 0 Å². The van der Waals surface area contributed by atoms with E-state index in [0.717, 1.165) is 37.9 Å². The minimum Gasteiger partial charge on any atom is -0.371 e. The highest BCUT2D eigenvalue weighted by molar-refractivity contribution is 6.31. The van der Waals surface area contributed by atoms with Gasteiger partial charge >= 0.3 is 0 Å². The fourth-order valence-electron chi connectivity index (χ4n) is 4.04. The van der Waals surface area contributed by atoms with Crippen LogP contribution < -0.4 is 5.32 Å². The van der Waals surface area contributed by atoms with Crippen molar-refractivity contribution in [2.24, 2.45) is 0 Å². The third-order valence-electron chi connectivity index (χ3n) is 5.25. The van der Waals surface area contributed by atoms with Gasteiger partial charge in [0.05, 0.1) is 11.2 Å². The van der Waals surface area contributed by atoms with Gasteiger partial charge in [-0.2, -0.15) is 0 Å². The Labute approximate surface area is 161 Å². The third kappa shape index (κ3) is 2.19. The van der Waals surface area contributed by atoms with Crippen molar-refractivity contribution in [3.05, 3.63) is 87.9 Å². The van der Waals surface area contributed by atoms with Crippen LogP contribution in [-0.2, 0) is 5.54 Å². The highest BCUT2D eigenvalue weighted by Gasteiger charge is 2.39. The van der Waals surface area contributed by atoms with E-state index in [0.29, 0.717) is 0 Å². The number of fused-ring (bicyclic) bond motifs is 5. The van der Waals surface area contributed by atoms with Crippen LogP contribution in [0.5, 0.6) is 0 Å². The Morgan fingerprint density at radius 2 is 1.58 bits per heavy atom. The number of hydrogen-bond donors (Lipinski definition) is 2. The molecule has 1 aliphatic heterocycles. The molecule has 2 heterocycles. The zero-order chi connectivity index (χ0) is 17.9. The minimum absolute atomic E-state index is 0.389. The normalized spacial score (nSPS) is 18.3. The zero-order valence-electron chi connectivity index (χ0n) is 14.1. The number of nitrogens with one attached hydrogen (secondary N) is 2. The van der Waals surface area contributed by atoms with Crippen molar-refractivity contribution in [2.45, 2.75) is 12.5 Å². The number of H-pyrrole nitrogens is 1. The molecule has 1 aromatic heterocycles. The molecular weight excluding hydrogens is 363 g/mol. The smallest absolute Gasteiger partial charge is 0.0877 e. The van der Waals surface area contributed by atoms with Crippen LogP contribution in [0.15, 0.2) is 66.7 Å². The van der Waals surface area contributed by atoms with E-state index >= 15 is 0 Å². The van der Waals surface area contributed by atoms with Crippen molar-refractivity contribution in [2.75, 3.05) is 5.32 Å². The summed E-state index contributed by atoms with van der Waals surface area (Å²) in [5.41, 5.74) is 6.29. The van der Waals surface area contributed by atoms with Crippen LogP contribution in [0.25, 0.3) is 22.2 Å². The second-order valence-electron chi connectivity index (χ2n) is 6.87. The van der Waals surface area contributed by atoms with E-state index in [9.17, 15) is 0 Å². The molecule has 0 saturated carbocycles. The van der Waals surface area contributed by atoms with Gasteiger partial charge in [-0.1, -0.05) is 53.5 Å². The molecule has 128 valence electrons. The van der Waals surface area contributed by atoms with Crippen molar-refractivity contribution < 1.29 is 0 Å². The first kappa shape index (κ1) is 15.8. The van der Waals surface area contributed by atoms with E-state index in [1.165, 1.54) is 11.1 Å². The molecule has 0 saturated heterocycles. The standard InChI is InChI=1S/C22H16Cl2N2/c1-22(13-5-3-2-4-6-13)20-16-11-14(23)7-9-18(16)25-21(20)17-12-15(24)8-10-19(17)26-22/h2-12,25-26H,1H3. The van der Waals surface area contributed by atoms with Gasteiger partial charge in [0.25, 0.3) is 0 Å². The number of hydrogen-bond acceptors (Lipinski definition) is 1. The van der Waals surface area contributed by atoms with Crippen molar-refractivity contribution in [3.8, 4) is 11.3 Å². The zero-order valence-corrected chi connectivity index (χ0v) is 15.6. The number of rotatable bonds is 1. The Morgan fingerprint density at radius 3 is 2.38 bits per heavy atom. The predicted molar refractivity (Wildman–Crippen MR) is 110 cm³/mol. The van der Waals surface area contributed by atoms with Gasteiger partial charge in [0.2, 0.25) is 0 Å². The van der Waals surface area contributed by atoms with Gasteiger partial charge in [-0.25, -0.2) is 0 Å². The maximum Gasteiger partial charge on any atom is 0.0877 e. The number of aromatic nitrogens is 1. The lowest BCUT2D eigenvalue weighted by atomic mass is 9.78. The lowest BCUT2D eigenvalue weighted by Gasteiger charge is -2.38. The highest BCUT2D eigenvalue weighted by atomic mass is 35.5. The Morgan fingerprint density at radius 1 is 0.846 bits per heavy atom. The van der Waals surface area contributed by atoms with Gasteiger partial charge in [0.1, 0.15) is 0 Å². The van der Waals surface area contributed by atoms with Crippen LogP contribution in [0.4, 0.5) is 5.69 Å². The molecule has 2 nitrogen and oxygen atoms in total. The van der Waals surface area contributed by atoms with Gasteiger partial charge in [0, 0.05) is 37.8 Å². The van der Waals surface area contributed by atoms with E-state index < -0.39 is 0 Å². The van der Waals surface area contributed by atoms with Gasteiger partial charge in [0.15, 0.2) is 0 Å². The Balaban J connectivity index is 1.91. The summed E-state index contributed by atoms with van der Waals surface area (Å²) in [5.74, 6) is 0. The van der Waals surface area contributed by atoms with E-state index in [4.69, 9.17) is 23.2 Å². The molecule has 4 heteroatoms. The van der Waals surface area contributed by atoms with Crippen molar-refractivity contribution in [1.82, 2.24) is 4.98 Å². The molecule has 3 aromatic carbocycles. The minimum atomic E-state index is -0.389. The fraction of sp³-hybridized carbons (Fsp3) is 0.0909. The molecule has 0 amide bonds. The maximum atomic E-state index is 6.33. The van der Waals surface area contributed by atoms with Crippen LogP contribution in [0, 0.1) is 0 Å². The Bertz CT molecular complexity index is 1150. The molecule has 5 rings (SSSR count). The van der Waals surface area contributed by atoms with Crippen LogP contribution in [-0.4, -0.2) is 4.98 Å². The second kappa shape index (κ2) is 5.54. The summed E-state index contributed by atoms with van der Waals surface area (Å²) in [7, 11) is 0. The number of halogens is 2. The summed E-state index contributed by atoms with van der Waals surface area (Å²) in [6.07, 6.45) is 0.